The standard InChI is InChI=1S/C18H20N2/c1-9-7-15-11(3)12(4)16-8-10(2)14(6)20-18(16)17(15)19-13(9)5/h7-8H,1-6H3. The fraction of sp³-hybridized carbons (Fsp3) is 0.333. The van der Waals surface area contributed by atoms with Gasteiger partial charge in [0.2, 0.25) is 0 Å². The molecule has 0 aliphatic heterocycles. The fourth-order valence-corrected chi connectivity index (χ4v) is 2.75. The van der Waals surface area contributed by atoms with Crippen molar-refractivity contribution in [3.8, 4) is 0 Å². The average Bonchev–Trinajstić information content (AvgIpc) is 2.41. The lowest BCUT2D eigenvalue weighted by atomic mass is 9.96. The van der Waals surface area contributed by atoms with E-state index < -0.39 is 0 Å². The normalized spacial score (nSPS) is 11.5. The van der Waals surface area contributed by atoms with Crippen LogP contribution in [0.25, 0.3) is 21.8 Å². The van der Waals surface area contributed by atoms with Gasteiger partial charge in [-0.15, -0.1) is 0 Å². The molecule has 0 amide bonds. The Hall–Kier alpha value is -1.96. The molecule has 3 aromatic rings. The van der Waals surface area contributed by atoms with E-state index in [1.807, 2.05) is 0 Å². The number of pyridine rings is 2. The molecule has 0 aliphatic rings. The number of nitrogens with zero attached hydrogens (tertiary/aromatic N) is 2. The van der Waals surface area contributed by atoms with Crippen molar-refractivity contribution in [1.82, 2.24) is 9.97 Å². The summed E-state index contributed by atoms with van der Waals surface area (Å²) in [4.78, 5) is 9.63. The summed E-state index contributed by atoms with van der Waals surface area (Å²) in [5.74, 6) is 0. The predicted molar refractivity (Wildman–Crippen MR) is 85.5 cm³/mol. The van der Waals surface area contributed by atoms with Crippen molar-refractivity contribution >= 4 is 21.8 Å². The third-order valence-electron chi connectivity index (χ3n) is 4.53. The van der Waals surface area contributed by atoms with Gasteiger partial charge in [0.05, 0.1) is 11.0 Å². The minimum absolute atomic E-state index is 1.04. The summed E-state index contributed by atoms with van der Waals surface area (Å²) < 4.78 is 0. The Kier molecular flexibility index (Phi) is 2.79. The third kappa shape index (κ3) is 1.71. The molecule has 0 fully saturated rings. The molecule has 0 saturated carbocycles. The molecule has 102 valence electrons. The number of hydrogen-bond acceptors (Lipinski definition) is 2. The summed E-state index contributed by atoms with van der Waals surface area (Å²) in [5.41, 5.74) is 9.35. The second-order valence-electron chi connectivity index (χ2n) is 5.82. The van der Waals surface area contributed by atoms with Crippen LogP contribution in [0.2, 0.25) is 0 Å². The average molecular weight is 264 g/mol. The van der Waals surface area contributed by atoms with Crippen LogP contribution in [0.3, 0.4) is 0 Å². The Balaban J connectivity index is 2.64. The Morgan fingerprint density at radius 2 is 0.950 bits per heavy atom. The van der Waals surface area contributed by atoms with E-state index in [-0.39, 0.29) is 0 Å². The summed E-state index contributed by atoms with van der Waals surface area (Å²) in [6.45, 7) is 12.7. The first-order chi connectivity index (χ1) is 9.40. The predicted octanol–water partition coefficient (Wildman–Crippen LogP) is 4.63. The second kappa shape index (κ2) is 4.27. The van der Waals surface area contributed by atoms with Crippen LogP contribution in [0.15, 0.2) is 12.1 Å². The largest absolute Gasteiger partial charge is 0.251 e. The number of aryl methyl sites for hydroxylation is 6. The van der Waals surface area contributed by atoms with Gasteiger partial charge in [0, 0.05) is 22.2 Å². The zero-order valence-electron chi connectivity index (χ0n) is 13.0. The molecule has 0 atom stereocenters. The number of rotatable bonds is 0. The zero-order chi connectivity index (χ0) is 14.6. The van der Waals surface area contributed by atoms with Crippen LogP contribution < -0.4 is 0 Å². The Morgan fingerprint density at radius 1 is 0.600 bits per heavy atom. The van der Waals surface area contributed by atoms with Crippen molar-refractivity contribution in [3.05, 3.63) is 45.8 Å². The maximum Gasteiger partial charge on any atom is 0.0970 e. The molecular weight excluding hydrogens is 244 g/mol. The van der Waals surface area contributed by atoms with Crippen LogP contribution in [0, 0.1) is 41.5 Å². The smallest absolute Gasteiger partial charge is 0.0970 e. The highest BCUT2D eigenvalue weighted by atomic mass is 14.8. The van der Waals surface area contributed by atoms with Gasteiger partial charge < -0.3 is 0 Å². The Morgan fingerprint density at radius 3 is 1.30 bits per heavy atom. The van der Waals surface area contributed by atoms with Gasteiger partial charge >= 0.3 is 0 Å². The van der Waals surface area contributed by atoms with Crippen LogP contribution >= 0.6 is 0 Å². The SMILES string of the molecule is Cc1cc2c(C)c(C)c3cc(C)c(C)nc3c2nc1C. The van der Waals surface area contributed by atoms with E-state index in [0.29, 0.717) is 0 Å². The lowest BCUT2D eigenvalue weighted by Crippen LogP contribution is -1.98. The van der Waals surface area contributed by atoms with Crippen LogP contribution in [-0.4, -0.2) is 9.97 Å². The highest BCUT2D eigenvalue weighted by molar-refractivity contribution is 6.06. The fourth-order valence-electron chi connectivity index (χ4n) is 2.75. The summed E-state index contributed by atoms with van der Waals surface area (Å²) in [6, 6.07) is 4.49. The quantitative estimate of drug-likeness (QED) is 0.553. The summed E-state index contributed by atoms with van der Waals surface area (Å²) in [7, 11) is 0. The number of hydrogen-bond donors (Lipinski definition) is 0. The molecule has 0 spiro atoms. The Bertz CT molecular complexity index is 788. The molecule has 2 aromatic heterocycles. The van der Waals surface area contributed by atoms with Crippen molar-refractivity contribution in [1.29, 1.82) is 0 Å². The molecule has 0 bridgehead atoms. The van der Waals surface area contributed by atoms with Gasteiger partial charge in [-0.3, -0.25) is 9.97 Å². The molecule has 0 N–H and O–H groups in total. The first-order valence-electron chi connectivity index (χ1n) is 7.05. The van der Waals surface area contributed by atoms with E-state index in [9.17, 15) is 0 Å². The number of aromatic nitrogens is 2. The monoisotopic (exact) mass is 264 g/mol. The van der Waals surface area contributed by atoms with Crippen molar-refractivity contribution in [3.63, 3.8) is 0 Å². The highest BCUT2D eigenvalue weighted by Gasteiger charge is 2.13. The first kappa shape index (κ1) is 13.0. The van der Waals surface area contributed by atoms with E-state index in [1.165, 1.54) is 33.0 Å². The van der Waals surface area contributed by atoms with Crippen LogP contribution in [-0.2, 0) is 0 Å². The Labute approximate surface area is 119 Å². The zero-order valence-corrected chi connectivity index (χ0v) is 13.0. The molecule has 0 saturated heterocycles. The van der Waals surface area contributed by atoms with Gasteiger partial charge in [-0.2, -0.15) is 0 Å². The lowest BCUT2D eigenvalue weighted by Gasteiger charge is -2.14. The van der Waals surface area contributed by atoms with Gasteiger partial charge in [0.15, 0.2) is 0 Å². The summed E-state index contributed by atoms with van der Waals surface area (Å²) in [6.07, 6.45) is 0. The first-order valence-corrected chi connectivity index (χ1v) is 7.05. The third-order valence-corrected chi connectivity index (χ3v) is 4.53. The van der Waals surface area contributed by atoms with Crippen molar-refractivity contribution in [2.45, 2.75) is 41.5 Å². The van der Waals surface area contributed by atoms with E-state index in [1.54, 1.807) is 0 Å². The second-order valence-corrected chi connectivity index (χ2v) is 5.82. The van der Waals surface area contributed by atoms with E-state index in [0.717, 1.165) is 22.4 Å². The van der Waals surface area contributed by atoms with E-state index in [4.69, 9.17) is 9.97 Å². The minimum atomic E-state index is 1.04. The van der Waals surface area contributed by atoms with Crippen molar-refractivity contribution < 1.29 is 0 Å². The maximum absolute atomic E-state index is 4.81. The van der Waals surface area contributed by atoms with E-state index >= 15 is 0 Å². The van der Waals surface area contributed by atoms with Gasteiger partial charge in [-0.1, -0.05) is 0 Å². The molecule has 2 nitrogen and oxygen atoms in total. The molecule has 0 aliphatic carbocycles. The van der Waals surface area contributed by atoms with Crippen molar-refractivity contribution in [2.24, 2.45) is 0 Å². The highest BCUT2D eigenvalue weighted by Crippen LogP contribution is 2.32. The molecule has 2 heteroatoms. The number of benzene rings is 1. The van der Waals surface area contributed by atoms with Gasteiger partial charge in [0.25, 0.3) is 0 Å². The van der Waals surface area contributed by atoms with Crippen LogP contribution in [0.1, 0.15) is 33.6 Å². The van der Waals surface area contributed by atoms with Gasteiger partial charge in [0.1, 0.15) is 0 Å². The van der Waals surface area contributed by atoms with E-state index in [2.05, 4.69) is 53.7 Å². The lowest BCUT2D eigenvalue weighted by molar-refractivity contribution is 1.17. The molecule has 0 radical (unpaired) electrons. The topological polar surface area (TPSA) is 25.8 Å². The summed E-state index contributed by atoms with van der Waals surface area (Å²) >= 11 is 0. The van der Waals surface area contributed by atoms with Crippen LogP contribution in [0.5, 0.6) is 0 Å². The van der Waals surface area contributed by atoms with Gasteiger partial charge in [-0.05, 0) is 75.9 Å². The summed E-state index contributed by atoms with van der Waals surface area (Å²) in [5, 5.41) is 2.46. The molecular formula is C18H20N2. The molecule has 3 rings (SSSR count). The molecule has 0 unspecified atom stereocenters. The minimum Gasteiger partial charge on any atom is -0.251 e. The van der Waals surface area contributed by atoms with Crippen LogP contribution in [0.4, 0.5) is 0 Å². The molecule has 1 aromatic carbocycles. The number of fused-ring (bicyclic) bond motifs is 3. The van der Waals surface area contributed by atoms with Crippen molar-refractivity contribution in [2.75, 3.05) is 0 Å². The maximum atomic E-state index is 4.81. The molecule has 20 heavy (non-hydrogen) atoms. The molecule has 2 heterocycles. The van der Waals surface area contributed by atoms with Gasteiger partial charge in [-0.25, -0.2) is 0 Å².